The van der Waals surface area contributed by atoms with Gasteiger partial charge in [0.05, 0.1) is 6.61 Å². The first-order valence-corrected chi connectivity index (χ1v) is 7.17. The first kappa shape index (κ1) is 16.6. The maximum Gasteiger partial charge on any atom is 0.369 e. The fourth-order valence-corrected chi connectivity index (χ4v) is 3.01. The van der Waals surface area contributed by atoms with Crippen LogP contribution in [0.3, 0.4) is 0 Å². The summed E-state index contributed by atoms with van der Waals surface area (Å²) in [6.07, 6.45) is 0.480. The Morgan fingerprint density at radius 3 is 1.88 bits per heavy atom. The van der Waals surface area contributed by atoms with E-state index in [-0.39, 0.29) is 19.4 Å². The average molecular weight is 268 g/mol. The molecule has 17 heavy (non-hydrogen) atoms. The van der Waals surface area contributed by atoms with Gasteiger partial charge in [-0.1, -0.05) is 20.8 Å². The normalized spacial score (nSPS) is 16.4. The van der Waals surface area contributed by atoms with Gasteiger partial charge < -0.3 is 19.6 Å². The molecular weight excluding hydrogens is 247 g/mol. The van der Waals surface area contributed by atoms with Crippen LogP contribution in [0, 0.1) is 5.41 Å². The summed E-state index contributed by atoms with van der Waals surface area (Å²) in [4.78, 5) is 30.3. The highest BCUT2D eigenvalue weighted by Crippen LogP contribution is 2.60. The van der Waals surface area contributed by atoms with E-state index in [4.69, 9.17) is 0 Å². The molecular formula is C10H21O6P. The monoisotopic (exact) mass is 268 g/mol. The van der Waals surface area contributed by atoms with Crippen LogP contribution in [0.2, 0.25) is 0 Å². The molecule has 0 aliphatic carbocycles. The third-order valence-corrected chi connectivity index (χ3v) is 4.95. The molecule has 0 saturated heterocycles. The minimum absolute atomic E-state index is 0.0509. The maximum atomic E-state index is 11.7. The number of ether oxygens (including phenoxy) is 1. The molecule has 0 aliphatic rings. The van der Waals surface area contributed by atoms with Crippen LogP contribution in [0.5, 0.6) is 0 Å². The van der Waals surface area contributed by atoms with E-state index in [9.17, 15) is 24.3 Å². The lowest BCUT2D eigenvalue weighted by Gasteiger charge is -2.41. The molecule has 0 heterocycles. The summed E-state index contributed by atoms with van der Waals surface area (Å²) in [5, 5.41) is 7.44. The first-order chi connectivity index (χ1) is 7.60. The summed E-state index contributed by atoms with van der Waals surface area (Å²) < 4.78 is 16.1. The molecule has 0 aromatic carbocycles. The van der Waals surface area contributed by atoms with Crippen molar-refractivity contribution in [2.75, 3.05) is 6.61 Å². The molecule has 0 aliphatic heterocycles. The molecule has 6 nitrogen and oxygen atoms in total. The molecule has 7 heteroatoms. The molecule has 1 atom stereocenters. The summed E-state index contributed by atoms with van der Waals surface area (Å²) in [5.74, 6) is -1.26. The topological polar surface area (TPSA) is 104 Å². The molecule has 0 rings (SSSR count). The molecule has 0 spiro atoms. The van der Waals surface area contributed by atoms with E-state index in [1.807, 2.05) is 0 Å². The molecule has 0 amide bonds. The van der Waals surface area contributed by atoms with Gasteiger partial charge in [0.25, 0.3) is 5.34 Å². The number of aliphatic hydroxyl groups is 1. The molecule has 3 N–H and O–H groups in total. The van der Waals surface area contributed by atoms with E-state index in [2.05, 4.69) is 4.74 Å². The largest absolute Gasteiger partial charge is 0.463 e. The average Bonchev–Trinajstić information content (AvgIpc) is 2.25. The van der Waals surface area contributed by atoms with Gasteiger partial charge in [-0.2, -0.15) is 0 Å². The van der Waals surface area contributed by atoms with Gasteiger partial charge >= 0.3 is 13.6 Å². The van der Waals surface area contributed by atoms with Crippen molar-refractivity contribution in [3.63, 3.8) is 0 Å². The van der Waals surface area contributed by atoms with E-state index in [0.29, 0.717) is 0 Å². The van der Waals surface area contributed by atoms with Gasteiger partial charge in [-0.3, -0.25) is 4.57 Å². The number of carbonyl (C=O) groups excluding carboxylic acids is 1. The Hall–Kier alpha value is -0.420. The Labute approximate surface area is 101 Å². The van der Waals surface area contributed by atoms with E-state index < -0.39 is 24.3 Å². The summed E-state index contributed by atoms with van der Waals surface area (Å²) in [6.45, 7) is 6.23. The minimum Gasteiger partial charge on any atom is -0.463 e. The lowest BCUT2D eigenvalue weighted by molar-refractivity contribution is -0.169. The zero-order valence-electron chi connectivity index (χ0n) is 10.6. The molecule has 0 saturated carbocycles. The van der Waals surface area contributed by atoms with Crippen molar-refractivity contribution < 1.29 is 29.0 Å². The van der Waals surface area contributed by atoms with Crippen LogP contribution in [0.1, 0.15) is 40.5 Å². The van der Waals surface area contributed by atoms with Gasteiger partial charge in [0, 0.05) is 5.41 Å². The van der Waals surface area contributed by atoms with Gasteiger partial charge in [0.2, 0.25) is 0 Å². The fourth-order valence-electron chi connectivity index (χ4n) is 1.69. The van der Waals surface area contributed by atoms with Crippen LogP contribution in [0.25, 0.3) is 0 Å². The van der Waals surface area contributed by atoms with Gasteiger partial charge in [-0.05, 0) is 19.8 Å². The van der Waals surface area contributed by atoms with Crippen LogP contribution in [-0.4, -0.2) is 32.8 Å². The van der Waals surface area contributed by atoms with Crippen LogP contribution in [0.15, 0.2) is 0 Å². The number of carbonyl (C=O) groups is 1. The second-order valence-electron chi connectivity index (χ2n) is 4.20. The third kappa shape index (κ3) is 2.71. The Kier molecular flexibility index (Phi) is 5.35. The smallest absolute Gasteiger partial charge is 0.369 e. The molecule has 0 aromatic heterocycles. The number of hydrogen-bond acceptors (Lipinski definition) is 4. The fraction of sp³-hybridized carbons (Fsp3) is 0.900. The zero-order chi connectivity index (χ0) is 13.9. The lowest BCUT2D eigenvalue weighted by atomic mass is 9.78. The van der Waals surface area contributed by atoms with Gasteiger partial charge in [0.1, 0.15) is 0 Å². The number of hydrogen-bond donors (Lipinski definition) is 3. The summed E-state index contributed by atoms with van der Waals surface area (Å²) >= 11 is 0. The van der Waals surface area contributed by atoms with E-state index in [1.54, 1.807) is 13.8 Å². The molecule has 1 unspecified atom stereocenters. The maximum absolute atomic E-state index is 11.7. The predicted molar refractivity (Wildman–Crippen MR) is 62.3 cm³/mol. The van der Waals surface area contributed by atoms with Crippen molar-refractivity contribution in [2.45, 2.75) is 45.9 Å². The van der Waals surface area contributed by atoms with Crippen molar-refractivity contribution in [1.29, 1.82) is 0 Å². The quantitative estimate of drug-likeness (QED) is 0.494. The van der Waals surface area contributed by atoms with E-state index in [1.165, 1.54) is 13.8 Å². The highest BCUT2D eigenvalue weighted by molar-refractivity contribution is 7.54. The van der Waals surface area contributed by atoms with Crippen molar-refractivity contribution in [2.24, 2.45) is 5.41 Å². The first-order valence-electron chi connectivity index (χ1n) is 5.56. The van der Waals surface area contributed by atoms with Crippen molar-refractivity contribution in [3.05, 3.63) is 0 Å². The van der Waals surface area contributed by atoms with Crippen LogP contribution in [-0.2, 0) is 14.1 Å². The summed E-state index contributed by atoms with van der Waals surface area (Å²) in [6, 6.07) is 0. The third-order valence-electron chi connectivity index (χ3n) is 3.38. The molecule has 0 radical (unpaired) electrons. The Morgan fingerprint density at radius 2 is 1.65 bits per heavy atom. The van der Waals surface area contributed by atoms with Gasteiger partial charge in [-0.25, -0.2) is 4.79 Å². The lowest BCUT2D eigenvalue weighted by Crippen LogP contribution is -2.52. The highest BCUT2D eigenvalue weighted by atomic mass is 31.2. The van der Waals surface area contributed by atoms with Crippen molar-refractivity contribution in [3.8, 4) is 0 Å². The van der Waals surface area contributed by atoms with Gasteiger partial charge in [-0.15, -0.1) is 0 Å². The van der Waals surface area contributed by atoms with Crippen molar-refractivity contribution >= 4 is 13.6 Å². The molecule has 102 valence electrons. The Balaban J connectivity index is 5.72. The van der Waals surface area contributed by atoms with E-state index in [0.717, 1.165) is 0 Å². The Bertz CT molecular complexity index is 319. The molecule has 0 bridgehead atoms. The second kappa shape index (κ2) is 5.48. The second-order valence-corrected chi connectivity index (χ2v) is 5.94. The van der Waals surface area contributed by atoms with Gasteiger partial charge in [0.15, 0.2) is 0 Å². The van der Waals surface area contributed by atoms with Crippen molar-refractivity contribution in [1.82, 2.24) is 0 Å². The standard InChI is InChI=1S/C10H21O6P/c1-5-9(4,6-2)10(12,17(13,14)15)8(11)16-7-3/h12H,5-7H2,1-4H3,(H2,13,14,15). The predicted octanol–water partition coefficient (Wildman–Crippen LogP) is 1.24. The van der Waals surface area contributed by atoms with Crippen LogP contribution in [0.4, 0.5) is 0 Å². The number of rotatable bonds is 6. The Morgan fingerprint density at radius 1 is 1.24 bits per heavy atom. The molecule has 0 fully saturated rings. The summed E-state index contributed by atoms with van der Waals surface area (Å²) in [5.41, 5.74) is -1.24. The highest BCUT2D eigenvalue weighted by Gasteiger charge is 2.63. The van der Waals surface area contributed by atoms with Crippen LogP contribution >= 0.6 is 7.60 Å². The van der Waals surface area contributed by atoms with Crippen LogP contribution < -0.4 is 0 Å². The van der Waals surface area contributed by atoms with E-state index >= 15 is 0 Å². The zero-order valence-corrected chi connectivity index (χ0v) is 11.5. The molecule has 0 aromatic rings. The minimum atomic E-state index is -5.05. The summed E-state index contributed by atoms with van der Waals surface area (Å²) in [7, 11) is -5.05. The SMILES string of the molecule is CCOC(=O)C(O)(C(C)(CC)CC)P(=O)(O)O. The number of esters is 1.